The van der Waals surface area contributed by atoms with E-state index in [-0.39, 0.29) is 24.1 Å². The highest BCUT2D eigenvalue weighted by Gasteiger charge is 2.19. The van der Waals surface area contributed by atoms with E-state index in [0.717, 1.165) is 16.9 Å². The van der Waals surface area contributed by atoms with Crippen molar-refractivity contribution in [1.82, 2.24) is 10.6 Å². The average molecular weight is 384 g/mol. The van der Waals surface area contributed by atoms with Crippen molar-refractivity contribution in [2.24, 2.45) is 0 Å². The Morgan fingerprint density at radius 3 is 2.29 bits per heavy atom. The highest BCUT2D eigenvalue weighted by Crippen LogP contribution is 2.31. The number of hydrogen-bond donors (Lipinski definition) is 2. The second-order valence-electron chi connectivity index (χ2n) is 7.59. The molecule has 0 bridgehead atoms. The summed E-state index contributed by atoms with van der Waals surface area (Å²) in [6.07, 6.45) is 0. The van der Waals surface area contributed by atoms with Crippen molar-refractivity contribution < 1.29 is 19.1 Å². The van der Waals surface area contributed by atoms with Crippen LogP contribution in [0.1, 0.15) is 47.8 Å². The Balaban J connectivity index is 1.83. The fraction of sp³-hybridized carbons (Fsp3) is 0.364. The zero-order valence-electron chi connectivity index (χ0n) is 17.1. The third-order valence-corrected chi connectivity index (χ3v) is 4.23. The molecule has 0 saturated carbocycles. The molecule has 150 valence electrons. The van der Waals surface area contributed by atoms with Crippen LogP contribution in [0.25, 0.3) is 0 Å². The van der Waals surface area contributed by atoms with Crippen LogP contribution in [-0.2, 0) is 16.7 Å². The lowest BCUT2D eigenvalue weighted by atomic mass is 9.85. The fourth-order valence-electron chi connectivity index (χ4n) is 2.66. The average Bonchev–Trinajstić information content (AvgIpc) is 2.66. The van der Waals surface area contributed by atoms with E-state index in [2.05, 4.69) is 42.2 Å². The minimum absolute atomic E-state index is 0.0556. The van der Waals surface area contributed by atoms with Gasteiger partial charge in [0.1, 0.15) is 5.75 Å². The summed E-state index contributed by atoms with van der Waals surface area (Å²) in [6, 6.07) is 12.6. The van der Waals surface area contributed by atoms with Gasteiger partial charge in [-0.1, -0.05) is 50.6 Å². The minimum Gasteiger partial charge on any atom is -0.473 e. The maximum Gasteiger partial charge on any atom is 0.337 e. The summed E-state index contributed by atoms with van der Waals surface area (Å²) in [5.41, 5.74) is 3.55. The molecule has 6 heteroatoms. The summed E-state index contributed by atoms with van der Waals surface area (Å²) >= 11 is 0. The van der Waals surface area contributed by atoms with Crippen LogP contribution in [0.2, 0.25) is 0 Å². The predicted octanol–water partition coefficient (Wildman–Crippen LogP) is 3.91. The van der Waals surface area contributed by atoms with Crippen molar-refractivity contribution in [2.45, 2.75) is 39.7 Å². The van der Waals surface area contributed by atoms with Crippen LogP contribution in [0.5, 0.6) is 5.75 Å². The van der Waals surface area contributed by atoms with Gasteiger partial charge in [0.15, 0.2) is 6.73 Å². The summed E-state index contributed by atoms with van der Waals surface area (Å²) in [4.78, 5) is 23.4. The van der Waals surface area contributed by atoms with E-state index in [1.54, 1.807) is 24.3 Å². The van der Waals surface area contributed by atoms with Gasteiger partial charge in [-0.3, -0.25) is 0 Å². The molecular formula is C22H28N2O4. The first-order chi connectivity index (χ1) is 13.2. The molecular weight excluding hydrogens is 356 g/mol. The highest BCUT2D eigenvalue weighted by atomic mass is 16.5. The molecule has 0 radical (unpaired) electrons. The van der Waals surface area contributed by atoms with Crippen molar-refractivity contribution in [3.05, 3.63) is 64.7 Å². The number of ether oxygens (including phenoxy) is 2. The van der Waals surface area contributed by atoms with Crippen molar-refractivity contribution in [1.29, 1.82) is 0 Å². The number of amides is 2. The van der Waals surface area contributed by atoms with E-state index < -0.39 is 0 Å². The number of carbonyl (C=O) groups is 2. The van der Waals surface area contributed by atoms with Crippen LogP contribution in [-0.4, -0.2) is 25.8 Å². The normalized spacial score (nSPS) is 10.9. The van der Waals surface area contributed by atoms with Gasteiger partial charge in [0.25, 0.3) is 0 Å². The Hall–Kier alpha value is -3.02. The first-order valence-corrected chi connectivity index (χ1v) is 9.13. The zero-order valence-corrected chi connectivity index (χ0v) is 17.1. The van der Waals surface area contributed by atoms with Gasteiger partial charge in [-0.05, 0) is 41.7 Å². The lowest BCUT2D eigenvalue weighted by Crippen LogP contribution is -2.37. The summed E-state index contributed by atoms with van der Waals surface area (Å²) in [5.74, 6) is 0.372. The van der Waals surface area contributed by atoms with Crippen molar-refractivity contribution in [2.75, 3.05) is 13.8 Å². The second-order valence-corrected chi connectivity index (χ2v) is 7.59. The van der Waals surface area contributed by atoms with E-state index in [0.29, 0.717) is 12.1 Å². The Morgan fingerprint density at radius 2 is 1.68 bits per heavy atom. The quantitative estimate of drug-likeness (QED) is 0.585. The molecule has 0 aliphatic rings. The predicted molar refractivity (Wildman–Crippen MR) is 109 cm³/mol. The van der Waals surface area contributed by atoms with Crippen LogP contribution < -0.4 is 15.4 Å². The fourth-order valence-corrected chi connectivity index (χ4v) is 2.66. The number of carbonyl (C=O) groups excluding carboxylic acids is 2. The highest BCUT2D eigenvalue weighted by molar-refractivity contribution is 5.89. The first kappa shape index (κ1) is 21.3. The largest absolute Gasteiger partial charge is 0.473 e. The SMILES string of the molecule is COC(=O)c1ccc(CNC(=O)NCOc2ccc(C)cc2C(C)(C)C)cc1. The molecule has 0 fully saturated rings. The Bertz CT molecular complexity index is 823. The van der Waals surface area contributed by atoms with Gasteiger partial charge in [-0.2, -0.15) is 0 Å². The van der Waals surface area contributed by atoms with Gasteiger partial charge in [0.2, 0.25) is 0 Å². The van der Waals surface area contributed by atoms with E-state index in [9.17, 15) is 9.59 Å². The van der Waals surface area contributed by atoms with Crippen LogP contribution in [0.4, 0.5) is 4.79 Å². The van der Waals surface area contributed by atoms with Crippen LogP contribution in [0.15, 0.2) is 42.5 Å². The molecule has 0 spiro atoms. The Labute approximate surface area is 166 Å². The maximum absolute atomic E-state index is 12.0. The van der Waals surface area contributed by atoms with Gasteiger partial charge < -0.3 is 20.1 Å². The monoisotopic (exact) mass is 384 g/mol. The van der Waals surface area contributed by atoms with Gasteiger partial charge in [-0.15, -0.1) is 0 Å². The number of esters is 1. The number of rotatable bonds is 6. The minimum atomic E-state index is -0.389. The molecule has 0 unspecified atom stereocenters. The molecule has 2 rings (SSSR count). The number of nitrogens with one attached hydrogen (secondary N) is 2. The standard InChI is InChI=1S/C22H28N2O4/c1-15-6-11-19(18(12-15)22(2,3)4)28-14-24-21(26)23-13-16-7-9-17(10-8-16)20(25)27-5/h6-12H,13-14H2,1-5H3,(H2,23,24,26). The topological polar surface area (TPSA) is 76.7 Å². The van der Waals surface area contributed by atoms with Crippen LogP contribution in [0.3, 0.4) is 0 Å². The molecule has 0 aliphatic heterocycles. The smallest absolute Gasteiger partial charge is 0.337 e. The van der Waals surface area contributed by atoms with E-state index in [1.165, 1.54) is 12.7 Å². The van der Waals surface area contributed by atoms with Crippen molar-refractivity contribution in [3.63, 3.8) is 0 Å². The van der Waals surface area contributed by atoms with Gasteiger partial charge >= 0.3 is 12.0 Å². The number of hydrogen-bond acceptors (Lipinski definition) is 4. The number of aryl methyl sites for hydroxylation is 1. The summed E-state index contributed by atoms with van der Waals surface area (Å²) in [6.45, 7) is 8.83. The third kappa shape index (κ3) is 6.01. The number of methoxy groups -OCH3 is 1. The van der Waals surface area contributed by atoms with E-state index in [4.69, 9.17) is 4.74 Å². The number of urea groups is 1. The second kappa shape index (κ2) is 9.26. The molecule has 0 heterocycles. The summed E-state index contributed by atoms with van der Waals surface area (Å²) < 4.78 is 10.4. The molecule has 0 aromatic heterocycles. The van der Waals surface area contributed by atoms with Gasteiger partial charge in [-0.25, -0.2) is 9.59 Å². The van der Waals surface area contributed by atoms with Crippen molar-refractivity contribution in [3.8, 4) is 5.75 Å². The molecule has 0 atom stereocenters. The molecule has 0 saturated heterocycles. The molecule has 2 aromatic rings. The molecule has 28 heavy (non-hydrogen) atoms. The van der Waals surface area contributed by atoms with Crippen LogP contribution >= 0.6 is 0 Å². The van der Waals surface area contributed by atoms with Gasteiger partial charge in [0.05, 0.1) is 12.7 Å². The first-order valence-electron chi connectivity index (χ1n) is 9.13. The van der Waals surface area contributed by atoms with Crippen molar-refractivity contribution >= 4 is 12.0 Å². The Morgan fingerprint density at radius 1 is 1.00 bits per heavy atom. The molecule has 6 nitrogen and oxygen atoms in total. The Kier molecular flexibility index (Phi) is 7.04. The number of benzene rings is 2. The molecule has 0 aliphatic carbocycles. The molecule has 2 aromatic carbocycles. The van der Waals surface area contributed by atoms with E-state index >= 15 is 0 Å². The van der Waals surface area contributed by atoms with Gasteiger partial charge in [0, 0.05) is 6.54 Å². The molecule has 2 amide bonds. The summed E-state index contributed by atoms with van der Waals surface area (Å²) in [5, 5.41) is 5.44. The van der Waals surface area contributed by atoms with E-state index in [1.807, 2.05) is 19.1 Å². The lowest BCUT2D eigenvalue weighted by molar-refractivity contribution is 0.0600. The maximum atomic E-state index is 12.0. The van der Waals surface area contributed by atoms with Crippen LogP contribution in [0, 0.1) is 6.92 Å². The third-order valence-electron chi connectivity index (χ3n) is 4.23. The lowest BCUT2D eigenvalue weighted by Gasteiger charge is -2.23. The summed E-state index contributed by atoms with van der Waals surface area (Å²) in [7, 11) is 1.34. The zero-order chi connectivity index (χ0) is 20.7. The molecule has 2 N–H and O–H groups in total.